The molecule has 4 aromatic heterocycles. The van der Waals surface area contributed by atoms with E-state index in [2.05, 4.69) is 79.6 Å². The second-order valence-corrected chi connectivity index (χ2v) is 8.83. The van der Waals surface area contributed by atoms with E-state index < -0.39 is 0 Å². The van der Waals surface area contributed by atoms with E-state index in [4.69, 9.17) is 0 Å². The Kier molecular flexibility index (Phi) is 21.8. The fourth-order valence-electron chi connectivity index (χ4n) is 4.07. The molecule has 0 aliphatic carbocycles. The van der Waals surface area contributed by atoms with Gasteiger partial charge in [0.1, 0.15) is 0 Å². The number of aromatic nitrogens is 4. The van der Waals surface area contributed by atoms with Crippen LogP contribution in [-0.2, 0) is 39.8 Å². The molecule has 6 nitrogen and oxygen atoms in total. The Morgan fingerprint density at radius 3 is 0.909 bits per heavy atom. The van der Waals surface area contributed by atoms with Crippen LogP contribution in [0.5, 0.6) is 0 Å². The van der Waals surface area contributed by atoms with Crippen LogP contribution in [0.25, 0.3) is 45.0 Å². The van der Waals surface area contributed by atoms with E-state index in [-0.39, 0.29) is 83.4 Å². The third-order valence-corrected chi connectivity index (χ3v) is 5.79. The summed E-state index contributed by atoms with van der Waals surface area (Å²) in [5.41, 5.74) is 10.1. The van der Waals surface area contributed by atoms with Gasteiger partial charge in [-0.3, -0.25) is 19.9 Å². The van der Waals surface area contributed by atoms with Crippen LogP contribution in [0.15, 0.2) is 122 Å². The summed E-state index contributed by atoms with van der Waals surface area (Å²) in [5, 5.41) is 0. The van der Waals surface area contributed by atoms with Crippen LogP contribution in [-0.4, -0.2) is 30.9 Å². The summed E-state index contributed by atoms with van der Waals surface area (Å²) < 4.78 is 0. The molecule has 0 amide bonds. The normalized spacial score (nSPS) is 9.11. The molecule has 0 unspecified atom stereocenters. The molecule has 0 atom stereocenters. The Labute approximate surface area is 331 Å². The number of aryl methyl sites for hydroxylation is 2. The maximum absolute atomic E-state index is 4.61. The quantitative estimate of drug-likeness (QED) is 0.191. The van der Waals surface area contributed by atoms with Gasteiger partial charge in [0, 0.05) is 68.6 Å². The summed E-state index contributed by atoms with van der Waals surface area (Å²) >= 11 is 1.61. The minimum Gasteiger partial charge on any atom is -0.870 e. The van der Waals surface area contributed by atoms with Crippen molar-refractivity contribution in [1.82, 2.24) is 19.9 Å². The average molecular weight is 990 g/mol. The number of nitrogens with zero attached hydrogens (tertiary/aromatic N) is 4. The first-order valence-corrected chi connectivity index (χ1v) is 15.3. The molecular formula is C34H29ClKN4O2Pt2-. The molecule has 6 aromatic rings. The van der Waals surface area contributed by atoms with Crippen molar-refractivity contribution in [3.05, 3.63) is 145 Å². The molecule has 6 rings (SSSR count). The van der Waals surface area contributed by atoms with Crippen LogP contribution >= 0.6 is 9.42 Å². The number of pyridine rings is 4. The van der Waals surface area contributed by atoms with E-state index in [9.17, 15) is 0 Å². The van der Waals surface area contributed by atoms with Gasteiger partial charge in [0.2, 0.25) is 0 Å². The summed E-state index contributed by atoms with van der Waals surface area (Å²) in [4.78, 5) is 17.5. The van der Waals surface area contributed by atoms with E-state index in [0.29, 0.717) is 0 Å². The fraction of sp³-hybridized carbons (Fsp3) is 0.0588. The first-order chi connectivity index (χ1) is 19.7. The number of halogens is 1. The Hall–Kier alpha value is -1.74. The molecule has 0 fully saturated rings. The number of rotatable bonds is 4. The van der Waals surface area contributed by atoms with Gasteiger partial charge in [-0.2, -0.15) is 0 Å². The number of hydrogen-bond acceptors (Lipinski definition) is 5. The second-order valence-electron chi connectivity index (χ2n) is 8.83. The molecular weight excluding hydrogens is 961 g/mol. The van der Waals surface area contributed by atoms with Gasteiger partial charge in [-0.15, -0.1) is 47.5 Å². The van der Waals surface area contributed by atoms with Gasteiger partial charge < -0.3 is 11.0 Å². The zero-order valence-corrected chi connectivity index (χ0v) is 32.7. The first kappa shape index (κ1) is 42.3. The van der Waals surface area contributed by atoms with Crippen LogP contribution in [0.4, 0.5) is 0 Å². The minimum atomic E-state index is 0. The summed E-state index contributed by atoms with van der Waals surface area (Å²) in [6, 6.07) is 38.7. The van der Waals surface area contributed by atoms with Crippen LogP contribution in [0, 0.1) is 26.0 Å². The van der Waals surface area contributed by atoms with Crippen molar-refractivity contribution < 1.29 is 102 Å². The van der Waals surface area contributed by atoms with Crippen molar-refractivity contribution in [3.8, 4) is 45.0 Å². The molecule has 44 heavy (non-hydrogen) atoms. The van der Waals surface area contributed by atoms with Gasteiger partial charge in [0.15, 0.2) is 0 Å². The molecule has 0 saturated heterocycles. The number of hydrogen-bond donors (Lipinski definition) is 0. The van der Waals surface area contributed by atoms with E-state index in [1.807, 2.05) is 72.8 Å². The first-order valence-electron chi connectivity index (χ1n) is 12.5. The van der Waals surface area contributed by atoms with Crippen molar-refractivity contribution in [1.29, 1.82) is 0 Å². The topological polar surface area (TPSA) is 113 Å². The molecule has 2 aromatic carbocycles. The van der Waals surface area contributed by atoms with Gasteiger partial charge in [-0.05, 0) is 24.3 Å². The summed E-state index contributed by atoms with van der Waals surface area (Å²) in [6.45, 7) is 4.15. The van der Waals surface area contributed by atoms with Crippen molar-refractivity contribution in [2.75, 3.05) is 0 Å². The second kappa shape index (κ2) is 22.7. The van der Waals surface area contributed by atoms with Gasteiger partial charge in [-0.25, -0.2) is 0 Å². The SMILES string of the molecule is Cc1cc(-c2ccccn2)[c-]c(-c2ccccn2)c1.Cc1cc(-c2ccccn2)[c-]c(-c2ccccn2)c1.O.[Cl][Pt+].[K+].[OH-].[Pt]. The molecule has 0 aliphatic heterocycles. The molecule has 3 N–H and O–H groups in total. The van der Waals surface area contributed by atoms with Crippen LogP contribution in [0.3, 0.4) is 0 Å². The van der Waals surface area contributed by atoms with Gasteiger partial charge >= 0.3 is 79.6 Å². The van der Waals surface area contributed by atoms with E-state index in [1.165, 1.54) is 11.1 Å². The average Bonchev–Trinajstić information content (AvgIpc) is 3.03. The third kappa shape index (κ3) is 12.6. The maximum Gasteiger partial charge on any atom is 1.00 e. The zero-order valence-electron chi connectivity index (χ0n) is 24.3. The molecule has 0 saturated carbocycles. The minimum absolute atomic E-state index is 0. The monoisotopic (exact) mass is 989 g/mol. The van der Waals surface area contributed by atoms with E-state index >= 15 is 0 Å². The van der Waals surface area contributed by atoms with Crippen molar-refractivity contribution >= 4 is 9.42 Å². The summed E-state index contributed by atoms with van der Waals surface area (Å²) in [7, 11) is 4.61. The van der Waals surface area contributed by atoms with E-state index in [0.717, 1.165) is 45.0 Å². The Morgan fingerprint density at radius 1 is 0.500 bits per heavy atom. The van der Waals surface area contributed by atoms with Crippen LogP contribution < -0.4 is 51.4 Å². The van der Waals surface area contributed by atoms with Gasteiger partial charge in [0.25, 0.3) is 0 Å². The molecule has 226 valence electrons. The Bertz CT molecular complexity index is 1400. The van der Waals surface area contributed by atoms with Crippen molar-refractivity contribution in [3.63, 3.8) is 0 Å². The van der Waals surface area contributed by atoms with Crippen LogP contribution in [0.1, 0.15) is 11.1 Å². The molecule has 10 heteroatoms. The Balaban J connectivity index is 0.000000733. The van der Waals surface area contributed by atoms with E-state index in [1.54, 1.807) is 43.6 Å². The van der Waals surface area contributed by atoms with Gasteiger partial charge in [-0.1, -0.05) is 84.6 Å². The predicted octanol–water partition coefficient (Wildman–Crippen LogP) is 4.53. The molecule has 4 heterocycles. The predicted molar refractivity (Wildman–Crippen MR) is 164 cm³/mol. The fourth-order valence-corrected chi connectivity index (χ4v) is 4.07. The zero-order chi connectivity index (χ0) is 28.2. The summed E-state index contributed by atoms with van der Waals surface area (Å²) in [6.07, 6.45) is 7.19. The largest absolute Gasteiger partial charge is 1.00 e. The van der Waals surface area contributed by atoms with Gasteiger partial charge in [0.05, 0.1) is 0 Å². The van der Waals surface area contributed by atoms with Crippen molar-refractivity contribution in [2.24, 2.45) is 0 Å². The molecule has 0 bridgehead atoms. The maximum atomic E-state index is 4.61. The standard InChI is InChI=1S/2C17H13N2.ClH.K.2H2O.2Pt/c2*1-13-10-14(16-6-2-4-8-18-16)12-15(11-13)17-7-3-5-9-19-17;;;;;;/h2*2-11H,1H3;1H;;2*1H2;;/q2*-1;;+1;;;;+2/p-2. The molecule has 0 radical (unpaired) electrons. The smallest absolute Gasteiger partial charge is 0.870 e. The van der Waals surface area contributed by atoms with Crippen LogP contribution in [0.2, 0.25) is 0 Å². The molecule has 0 aliphatic rings. The third-order valence-electron chi connectivity index (χ3n) is 5.79. The number of benzene rings is 2. The van der Waals surface area contributed by atoms with Crippen molar-refractivity contribution in [2.45, 2.75) is 13.8 Å². The molecule has 0 spiro atoms. The summed E-state index contributed by atoms with van der Waals surface area (Å²) in [5.74, 6) is 0. The Morgan fingerprint density at radius 2 is 0.727 bits per heavy atom.